The van der Waals surface area contributed by atoms with Gasteiger partial charge in [0.1, 0.15) is 15.6 Å². The second kappa shape index (κ2) is 5.36. The third-order valence-corrected chi connectivity index (χ3v) is 5.66. The maximum atomic E-state index is 12.5. The molecule has 0 saturated heterocycles. The minimum absolute atomic E-state index is 0.142. The van der Waals surface area contributed by atoms with Gasteiger partial charge in [-0.15, -0.1) is 0 Å². The van der Waals surface area contributed by atoms with Crippen molar-refractivity contribution in [2.24, 2.45) is 5.14 Å². The number of sulfonamides is 1. The van der Waals surface area contributed by atoms with Gasteiger partial charge >= 0.3 is 0 Å². The molecule has 0 aliphatic carbocycles. The second-order valence-corrected chi connectivity index (χ2v) is 7.89. The Balaban J connectivity index is 1.91. The molecular weight excluding hydrogens is 352 g/mol. The summed E-state index contributed by atoms with van der Waals surface area (Å²) in [6, 6.07) is 1.33. The first-order valence-corrected chi connectivity index (χ1v) is 9.46. The average Bonchev–Trinajstić information content (AvgIpc) is 2.93. The fourth-order valence-electron chi connectivity index (χ4n) is 2.64. The van der Waals surface area contributed by atoms with Crippen LogP contribution >= 0.6 is 11.3 Å². The number of pyridine rings is 1. The van der Waals surface area contributed by atoms with E-state index in [0.717, 1.165) is 29.7 Å². The van der Waals surface area contributed by atoms with E-state index < -0.39 is 10.0 Å². The molecule has 1 aliphatic rings. The van der Waals surface area contributed by atoms with Crippen LogP contribution in [-0.4, -0.2) is 30.0 Å². The number of nitrogens with zero attached hydrogens (tertiary/aromatic N) is 2. The number of aromatic amines is 1. The molecule has 24 heavy (non-hydrogen) atoms. The molecule has 1 aliphatic heterocycles. The van der Waals surface area contributed by atoms with Gasteiger partial charge in [0.25, 0.3) is 5.56 Å². The molecule has 3 aromatic rings. The lowest BCUT2D eigenvalue weighted by Gasteiger charge is -2.11. The minimum atomic E-state index is -3.89. The van der Waals surface area contributed by atoms with Gasteiger partial charge in [-0.05, 0) is 18.9 Å². The summed E-state index contributed by atoms with van der Waals surface area (Å²) in [6.45, 7) is 0.630. The van der Waals surface area contributed by atoms with Gasteiger partial charge in [0.2, 0.25) is 10.0 Å². The highest BCUT2D eigenvalue weighted by atomic mass is 32.2. The van der Waals surface area contributed by atoms with Crippen molar-refractivity contribution in [1.29, 1.82) is 0 Å². The van der Waals surface area contributed by atoms with Crippen molar-refractivity contribution in [1.82, 2.24) is 15.0 Å². The molecule has 0 saturated carbocycles. The highest BCUT2D eigenvalue weighted by molar-refractivity contribution is 7.89. The summed E-state index contributed by atoms with van der Waals surface area (Å²) >= 11 is 1.32. The standard InChI is InChI=1S/C14H12N4O4S2/c15-24(20,21)8-4-7(5-16-6-8)11-17-12(19)10-9-2-1-3-22-14(9)23-13(10)18-11/h4-6H,1-3H2,(H2,15,20,21)(H,17,18,19). The van der Waals surface area contributed by atoms with E-state index in [2.05, 4.69) is 15.0 Å². The number of nitrogens with two attached hydrogens (primary N) is 1. The van der Waals surface area contributed by atoms with Crippen LogP contribution in [0.5, 0.6) is 5.06 Å². The number of rotatable bonds is 2. The molecule has 4 heterocycles. The average molecular weight is 364 g/mol. The maximum Gasteiger partial charge on any atom is 0.260 e. The molecule has 0 atom stereocenters. The van der Waals surface area contributed by atoms with Crippen LogP contribution in [0.15, 0.2) is 28.2 Å². The minimum Gasteiger partial charge on any atom is -0.484 e. The van der Waals surface area contributed by atoms with Crippen LogP contribution in [0.25, 0.3) is 21.6 Å². The van der Waals surface area contributed by atoms with Crippen LogP contribution in [0.2, 0.25) is 0 Å². The molecule has 4 rings (SSSR count). The Hall–Kier alpha value is -2.30. The third kappa shape index (κ3) is 2.48. The van der Waals surface area contributed by atoms with Gasteiger partial charge in [0.15, 0.2) is 5.06 Å². The molecular formula is C14H12N4O4S2. The Morgan fingerprint density at radius 2 is 2.17 bits per heavy atom. The lowest BCUT2D eigenvalue weighted by atomic mass is 10.1. The van der Waals surface area contributed by atoms with E-state index in [-0.39, 0.29) is 16.3 Å². The zero-order valence-electron chi connectivity index (χ0n) is 12.3. The highest BCUT2D eigenvalue weighted by Crippen LogP contribution is 2.38. The first-order valence-electron chi connectivity index (χ1n) is 7.10. The summed E-state index contributed by atoms with van der Waals surface area (Å²) in [5.41, 5.74) is 0.977. The lowest BCUT2D eigenvalue weighted by Crippen LogP contribution is -2.14. The molecule has 3 N–H and O–H groups in total. The van der Waals surface area contributed by atoms with Gasteiger partial charge in [0, 0.05) is 23.5 Å². The van der Waals surface area contributed by atoms with E-state index in [1.54, 1.807) is 0 Å². The number of H-pyrrole nitrogens is 1. The van der Waals surface area contributed by atoms with E-state index in [0.29, 0.717) is 22.4 Å². The molecule has 0 unspecified atom stereocenters. The van der Waals surface area contributed by atoms with Crippen LogP contribution in [0.3, 0.4) is 0 Å². The van der Waals surface area contributed by atoms with Crippen LogP contribution in [0.1, 0.15) is 12.0 Å². The SMILES string of the molecule is NS(=O)(=O)c1cncc(-c2nc3sc4c(c3c(=O)[nH]2)CCCO4)c1. The smallest absolute Gasteiger partial charge is 0.260 e. The Labute approximate surface area is 140 Å². The topological polar surface area (TPSA) is 128 Å². The number of hydrogen-bond acceptors (Lipinski definition) is 7. The summed E-state index contributed by atoms with van der Waals surface area (Å²) in [5, 5.41) is 6.38. The van der Waals surface area contributed by atoms with E-state index in [1.165, 1.54) is 23.6 Å². The Kier molecular flexibility index (Phi) is 3.41. The van der Waals surface area contributed by atoms with Crippen LogP contribution < -0.4 is 15.4 Å². The normalized spacial score (nSPS) is 14.4. The number of primary sulfonamides is 1. The van der Waals surface area contributed by atoms with Crippen LogP contribution in [0.4, 0.5) is 0 Å². The van der Waals surface area contributed by atoms with Crippen LogP contribution in [0, 0.1) is 0 Å². The zero-order valence-corrected chi connectivity index (χ0v) is 13.9. The molecule has 0 radical (unpaired) electrons. The zero-order chi connectivity index (χ0) is 16.9. The molecule has 0 bridgehead atoms. The van der Waals surface area contributed by atoms with Gasteiger partial charge in [0.05, 0.1) is 12.0 Å². The second-order valence-electron chi connectivity index (χ2n) is 5.37. The summed E-state index contributed by atoms with van der Waals surface area (Å²) in [6.07, 6.45) is 4.21. The van der Waals surface area contributed by atoms with E-state index >= 15 is 0 Å². The highest BCUT2D eigenvalue weighted by Gasteiger charge is 2.21. The largest absolute Gasteiger partial charge is 0.484 e. The summed E-state index contributed by atoms with van der Waals surface area (Å²) in [5.74, 6) is 0.240. The van der Waals surface area contributed by atoms with Crippen molar-refractivity contribution >= 4 is 31.6 Å². The quantitative estimate of drug-likeness (QED) is 0.699. The molecule has 0 spiro atoms. The number of nitrogens with one attached hydrogen (secondary N) is 1. The Morgan fingerprint density at radius 1 is 1.33 bits per heavy atom. The van der Waals surface area contributed by atoms with E-state index in [1.807, 2.05) is 0 Å². The van der Waals surface area contributed by atoms with Gasteiger partial charge in [-0.25, -0.2) is 18.5 Å². The van der Waals surface area contributed by atoms with Crippen LogP contribution in [-0.2, 0) is 16.4 Å². The van der Waals surface area contributed by atoms with Crippen molar-refractivity contribution in [2.45, 2.75) is 17.7 Å². The number of fused-ring (bicyclic) bond motifs is 3. The van der Waals surface area contributed by atoms with E-state index in [4.69, 9.17) is 9.88 Å². The first-order chi connectivity index (χ1) is 11.4. The molecule has 124 valence electrons. The number of aromatic nitrogens is 3. The Bertz CT molecular complexity index is 1120. The predicted octanol–water partition coefficient (Wildman–Crippen LogP) is 1.02. The molecule has 0 amide bonds. The third-order valence-electron chi connectivity index (χ3n) is 3.74. The Morgan fingerprint density at radius 3 is 2.96 bits per heavy atom. The molecule has 0 fully saturated rings. The maximum absolute atomic E-state index is 12.5. The van der Waals surface area contributed by atoms with Crippen molar-refractivity contribution in [3.8, 4) is 16.5 Å². The molecule has 0 aromatic carbocycles. The summed E-state index contributed by atoms with van der Waals surface area (Å²) < 4.78 is 28.5. The van der Waals surface area contributed by atoms with E-state index in [9.17, 15) is 13.2 Å². The van der Waals surface area contributed by atoms with Gasteiger partial charge in [-0.2, -0.15) is 0 Å². The lowest BCUT2D eigenvalue weighted by molar-refractivity contribution is 0.299. The monoisotopic (exact) mass is 364 g/mol. The summed E-state index contributed by atoms with van der Waals surface area (Å²) in [7, 11) is -3.89. The number of aryl methyl sites for hydroxylation is 1. The number of hydrogen-bond donors (Lipinski definition) is 2. The van der Waals surface area contributed by atoms with Gasteiger partial charge < -0.3 is 9.72 Å². The molecule has 10 heteroatoms. The number of ether oxygens (including phenoxy) is 1. The van der Waals surface area contributed by atoms with Gasteiger partial charge in [-0.1, -0.05) is 11.3 Å². The van der Waals surface area contributed by atoms with Crippen molar-refractivity contribution in [2.75, 3.05) is 6.61 Å². The molecule has 3 aromatic heterocycles. The summed E-state index contributed by atoms with van der Waals surface area (Å²) in [4.78, 5) is 23.9. The fraction of sp³-hybridized carbons (Fsp3) is 0.214. The number of thiophene rings is 1. The first kappa shape index (κ1) is 15.2. The van der Waals surface area contributed by atoms with Gasteiger partial charge in [-0.3, -0.25) is 9.78 Å². The molecule has 8 nitrogen and oxygen atoms in total. The van der Waals surface area contributed by atoms with Crippen molar-refractivity contribution in [3.05, 3.63) is 34.4 Å². The fourth-order valence-corrected chi connectivity index (χ4v) is 4.24. The van der Waals surface area contributed by atoms with Crippen molar-refractivity contribution < 1.29 is 13.2 Å². The van der Waals surface area contributed by atoms with Crippen molar-refractivity contribution in [3.63, 3.8) is 0 Å². The predicted molar refractivity (Wildman–Crippen MR) is 88.7 cm³/mol.